The first-order chi connectivity index (χ1) is 12.4. The molecule has 8 heteroatoms. The van der Waals surface area contributed by atoms with E-state index in [1.54, 1.807) is 21.9 Å². The Balaban J connectivity index is 1.70. The van der Waals surface area contributed by atoms with Crippen molar-refractivity contribution in [2.45, 2.75) is 32.2 Å². The number of aryl methyl sites for hydroxylation is 1. The number of aliphatic hydroxyl groups excluding tert-OH is 1. The second-order valence-corrected chi connectivity index (χ2v) is 6.94. The maximum atomic E-state index is 12.6. The van der Waals surface area contributed by atoms with Crippen molar-refractivity contribution in [3.8, 4) is 0 Å². The summed E-state index contributed by atoms with van der Waals surface area (Å²) in [5.41, 5.74) is 1.50. The van der Waals surface area contributed by atoms with E-state index < -0.39 is 6.10 Å². The van der Waals surface area contributed by atoms with Crippen molar-refractivity contribution in [1.29, 1.82) is 0 Å². The van der Waals surface area contributed by atoms with Crippen molar-refractivity contribution in [2.24, 2.45) is 0 Å². The highest BCUT2D eigenvalue weighted by Crippen LogP contribution is 2.19. The van der Waals surface area contributed by atoms with E-state index in [0.717, 1.165) is 18.7 Å². The lowest BCUT2D eigenvalue weighted by Crippen LogP contribution is -2.33. The number of aliphatic hydroxyl groups is 1. The number of pyridine rings is 1. The largest absolute Gasteiger partial charge is 0.385 e. The van der Waals surface area contributed by atoms with Gasteiger partial charge in [0.05, 0.1) is 17.9 Å². The number of hydrogen-bond donors (Lipinski definition) is 1. The summed E-state index contributed by atoms with van der Waals surface area (Å²) in [4.78, 5) is 27.5. The smallest absolute Gasteiger partial charge is 0.242 e. The standard InChI is InChI=1S/C18H25N5O3/c1-20(2)12-17(25)16-10-14-11-22(6-3-7-23(14)19-16)18(26)13-21-8-4-15(24)5-9-21/h4-5,8-10,17,25H,3,6-7,11-13H2,1-2H3/t17-/m1/s1. The molecule has 3 rings (SSSR count). The fourth-order valence-electron chi connectivity index (χ4n) is 3.10. The Kier molecular flexibility index (Phi) is 5.53. The Labute approximate surface area is 152 Å². The molecule has 1 atom stereocenters. The minimum atomic E-state index is -0.644. The van der Waals surface area contributed by atoms with Crippen molar-refractivity contribution in [1.82, 2.24) is 24.1 Å². The fraction of sp³-hybridized carbons (Fsp3) is 0.500. The highest BCUT2D eigenvalue weighted by Gasteiger charge is 2.22. The number of nitrogens with zero attached hydrogens (tertiary/aromatic N) is 5. The maximum Gasteiger partial charge on any atom is 0.242 e. The van der Waals surface area contributed by atoms with Gasteiger partial charge >= 0.3 is 0 Å². The summed E-state index contributed by atoms with van der Waals surface area (Å²) in [5, 5.41) is 14.8. The summed E-state index contributed by atoms with van der Waals surface area (Å²) in [5.74, 6) is -0.00121. The van der Waals surface area contributed by atoms with Crippen LogP contribution in [0, 0.1) is 0 Å². The molecule has 0 saturated carbocycles. The molecule has 0 saturated heterocycles. The molecule has 0 aromatic carbocycles. The van der Waals surface area contributed by atoms with Gasteiger partial charge in [0.25, 0.3) is 0 Å². The summed E-state index contributed by atoms with van der Waals surface area (Å²) >= 11 is 0. The molecule has 1 N–H and O–H groups in total. The molecular formula is C18H25N5O3. The summed E-state index contributed by atoms with van der Waals surface area (Å²) < 4.78 is 3.60. The second kappa shape index (κ2) is 7.84. The van der Waals surface area contributed by atoms with Crippen molar-refractivity contribution < 1.29 is 9.90 Å². The van der Waals surface area contributed by atoms with Gasteiger partial charge in [0.15, 0.2) is 5.43 Å². The summed E-state index contributed by atoms with van der Waals surface area (Å²) in [6, 6.07) is 4.78. The molecule has 0 aliphatic carbocycles. The molecule has 1 amide bonds. The Hall–Kier alpha value is -2.45. The Morgan fingerprint density at radius 3 is 2.73 bits per heavy atom. The number of fused-ring (bicyclic) bond motifs is 1. The van der Waals surface area contributed by atoms with E-state index in [4.69, 9.17) is 0 Å². The molecule has 26 heavy (non-hydrogen) atoms. The molecule has 0 unspecified atom stereocenters. The van der Waals surface area contributed by atoms with Crippen molar-refractivity contribution in [3.05, 3.63) is 52.2 Å². The first-order valence-electron chi connectivity index (χ1n) is 8.75. The van der Waals surface area contributed by atoms with E-state index in [9.17, 15) is 14.7 Å². The van der Waals surface area contributed by atoms with Crippen LogP contribution in [0.25, 0.3) is 0 Å². The average molecular weight is 359 g/mol. The molecule has 0 spiro atoms. The van der Waals surface area contributed by atoms with Gasteiger partial charge in [0.1, 0.15) is 12.6 Å². The predicted molar refractivity (Wildman–Crippen MR) is 96.5 cm³/mol. The third-order valence-corrected chi connectivity index (χ3v) is 4.44. The van der Waals surface area contributed by atoms with Crippen LogP contribution >= 0.6 is 0 Å². The van der Waals surface area contributed by atoms with Crippen LogP contribution in [-0.4, -0.2) is 62.3 Å². The van der Waals surface area contributed by atoms with E-state index in [1.165, 1.54) is 12.1 Å². The van der Waals surface area contributed by atoms with Crippen LogP contribution in [0.3, 0.4) is 0 Å². The van der Waals surface area contributed by atoms with E-state index in [2.05, 4.69) is 5.10 Å². The molecule has 0 radical (unpaired) electrons. The van der Waals surface area contributed by atoms with Crippen LogP contribution in [0.15, 0.2) is 35.4 Å². The SMILES string of the molecule is CN(C)C[C@@H](O)c1cc2n(n1)CCCN(C(=O)Cn1ccc(=O)cc1)C2. The first-order valence-corrected chi connectivity index (χ1v) is 8.75. The normalized spacial score (nSPS) is 15.6. The van der Waals surface area contributed by atoms with Gasteiger partial charge in [-0.1, -0.05) is 0 Å². The van der Waals surface area contributed by atoms with Gasteiger partial charge in [0.2, 0.25) is 5.91 Å². The Morgan fingerprint density at radius 2 is 2.04 bits per heavy atom. The Bertz CT molecular complexity index is 806. The molecular weight excluding hydrogens is 334 g/mol. The van der Waals surface area contributed by atoms with Crippen LogP contribution in [0.5, 0.6) is 0 Å². The lowest BCUT2D eigenvalue weighted by atomic mass is 10.2. The lowest BCUT2D eigenvalue weighted by molar-refractivity contribution is -0.132. The van der Waals surface area contributed by atoms with Gasteiger partial charge in [-0.2, -0.15) is 5.10 Å². The highest BCUT2D eigenvalue weighted by atomic mass is 16.3. The molecule has 140 valence electrons. The van der Waals surface area contributed by atoms with Gasteiger partial charge in [-0.3, -0.25) is 14.3 Å². The van der Waals surface area contributed by atoms with Gasteiger partial charge < -0.3 is 19.5 Å². The molecule has 0 bridgehead atoms. The third-order valence-electron chi connectivity index (χ3n) is 4.44. The van der Waals surface area contributed by atoms with Gasteiger partial charge in [-0.05, 0) is 26.6 Å². The number of aromatic nitrogens is 3. The zero-order valence-electron chi connectivity index (χ0n) is 15.2. The number of amides is 1. The van der Waals surface area contributed by atoms with Gasteiger partial charge in [-0.25, -0.2) is 0 Å². The molecule has 1 aliphatic rings. The quantitative estimate of drug-likeness (QED) is 0.817. The number of carbonyl (C=O) groups excluding carboxylic acids is 1. The van der Waals surface area contributed by atoms with Crippen molar-refractivity contribution >= 4 is 5.91 Å². The lowest BCUT2D eigenvalue weighted by Gasteiger charge is -2.20. The molecule has 3 heterocycles. The number of carbonyl (C=O) groups is 1. The Morgan fingerprint density at radius 1 is 1.31 bits per heavy atom. The van der Waals surface area contributed by atoms with Gasteiger partial charge in [-0.15, -0.1) is 0 Å². The van der Waals surface area contributed by atoms with Gasteiger partial charge in [0, 0.05) is 44.2 Å². The van der Waals surface area contributed by atoms with Crippen molar-refractivity contribution in [3.63, 3.8) is 0 Å². The minimum Gasteiger partial charge on any atom is -0.385 e. The molecule has 1 aliphatic heterocycles. The second-order valence-electron chi connectivity index (χ2n) is 6.94. The summed E-state index contributed by atoms with van der Waals surface area (Å²) in [7, 11) is 3.81. The van der Waals surface area contributed by atoms with Crippen LogP contribution < -0.4 is 5.43 Å². The van der Waals surface area contributed by atoms with E-state index in [1.807, 2.05) is 29.7 Å². The van der Waals surface area contributed by atoms with E-state index in [-0.39, 0.29) is 17.9 Å². The topological polar surface area (TPSA) is 83.6 Å². The number of hydrogen-bond acceptors (Lipinski definition) is 5. The van der Waals surface area contributed by atoms with Crippen molar-refractivity contribution in [2.75, 3.05) is 27.2 Å². The minimum absolute atomic E-state index is 0.00121. The molecule has 0 fully saturated rings. The monoisotopic (exact) mass is 359 g/mol. The van der Waals surface area contributed by atoms with E-state index in [0.29, 0.717) is 25.3 Å². The zero-order valence-corrected chi connectivity index (χ0v) is 15.2. The first kappa shape index (κ1) is 18.3. The highest BCUT2D eigenvalue weighted by molar-refractivity contribution is 5.76. The van der Waals surface area contributed by atoms with Crippen LogP contribution in [0.1, 0.15) is 23.9 Å². The van der Waals surface area contributed by atoms with Crippen LogP contribution in [0.2, 0.25) is 0 Å². The average Bonchev–Trinajstić information content (AvgIpc) is 2.88. The number of rotatable bonds is 5. The summed E-state index contributed by atoms with van der Waals surface area (Å²) in [6.45, 7) is 2.57. The molecule has 2 aromatic heterocycles. The van der Waals surface area contributed by atoms with E-state index >= 15 is 0 Å². The molecule has 8 nitrogen and oxygen atoms in total. The predicted octanol–water partition coefficient (Wildman–Crippen LogP) is 0.0723. The zero-order chi connectivity index (χ0) is 18.7. The van der Waals surface area contributed by atoms with Crippen LogP contribution in [-0.2, 0) is 24.4 Å². The summed E-state index contributed by atoms with van der Waals surface area (Å²) in [6.07, 6.45) is 3.42. The third kappa shape index (κ3) is 4.39. The van der Waals surface area contributed by atoms with Crippen LogP contribution in [0.4, 0.5) is 0 Å². The number of likely N-dealkylation sites (N-methyl/N-ethyl adjacent to an activating group) is 1. The maximum absolute atomic E-state index is 12.6. The molecule has 2 aromatic rings. The fourth-order valence-corrected chi connectivity index (χ4v) is 3.10.